The molecule has 0 bridgehead atoms. The van der Waals surface area contributed by atoms with E-state index < -0.39 is 0 Å². The predicted molar refractivity (Wildman–Crippen MR) is 105 cm³/mol. The summed E-state index contributed by atoms with van der Waals surface area (Å²) in [5.41, 5.74) is 1.76. The van der Waals surface area contributed by atoms with Crippen LogP contribution in [0.25, 0.3) is 0 Å². The Hall–Kier alpha value is -3.53. The standard InChI is InChI=1S/C21H23N3O4/c1-15(25)24(11-10-16-8-9-19(27-2)20(12-16)28-3)14-21(26)23-18-7-5-4-6-17(18)13-22/h4-9,12H,10-11,14H2,1-3H3,(H,23,26). The average Bonchev–Trinajstić information content (AvgIpc) is 2.70. The second-order valence-electron chi connectivity index (χ2n) is 6.09. The number of anilines is 1. The Morgan fingerprint density at radius 2 is 1.82 bits per heavy atom. The summed E-state index contributed by atoms with van der Waals surface area (Å²) in [7, 11) is 3.13. The summed E-state index contributed by atoms with van der Waals surface area (Å²) < 4.78 is 10.5. The van der Waals surface area contributed by atoms with Crippen molar-refractivity contribution in [2.45, 2.75) is 13.3 Å². The van der Waals surface area contributed by atoms with Gasteiger partial charge in [-0.1, -0.05) is 18.2 Å². The molecular formula is C21H23N3O4. The van der Waals surface area contributed by atoms with Gasteiger partial charge in [0.2, 0.25) is 11.8 Å². The molecule has 0 spiro atoms. The minimum atomic E-state index is -0.356. The Morgan fingerprint density at radius 1 is 1.11 bits per heavy atom. The Labute approximate surface area is 164 Å². The van der Waals surface area contributed by atoms with Crippen molar-refractivity contribution in [3.63, 3.8) is 0 Å². The number of amides is 2. The second-order valence-corrected chi connectivity index (χ2v) is 6.09. The zero-order chi connectivity index (χ0) is 20.5. The van der Waals surface area contributed by atoms with Gasteiger partial charge < -0.3 is 19.7 Å². The van der Waals surface area contributed by atoms with Crippen molar-refractivity contribution in [2.24, 2.45) is 0 Å². The molecule has 0 saturated carbocycles. The lowest BCUT2D eigenvalue weighted by Gasteiger charge is -2.21. The van der Waals surface area contributed by atoms with E-state index in [1.807, 2.05) is 18.2 Å². The van der Waals surface area contributed by atoms with Gasteiger partial charge in [-0.15, -0.1) is 0 Å². The highest BCUT2D eigenvalue weighted by atomic mass is 16.5. The van der Waals surface area contributed by atoms with Crippen LogP contribution < -0.4 is 14.8 Å². The molecule has 2 amide bonds. The summed E-state index contributed by atoms with van der Waals surface area (Å²) in [6.45, 7) is 1.70. The van der Waals surface area contributed by atoms with Gasteiger partial charge >= 0.3 is 0 Å². The number of benzene rings is 2. The van der Waals surface area contributed by atoms with Crippen molar-refractivity contribution in [3.05, 3.63) is 53.6 Å². The van der Waals surface area contributed by atoms with Crippen LogP contribution in [0.2, 0.25) is 0 Å². The Morgan fingerprint density at radius 3 is 2.46 bits per heavy atom. The number of methoxy groups -OCH3 is 2. The van der Waals surface area contributed by atoms with Gasteiger partial charge in [-0.2, -0.15) is 5.26 Å². The summed E-state index contributed by atoms with van der Waals surface area (Å²) in [5.74, 6) is 0.680. The number of hydrogen-bond acceptors (Lipinski definition) is 5. The maximum Gasteiger partial charge on any atom is 0.244 e. The van der Waals surface area contributed by atoms with E-state index in [0.29, 0.717) is 35.7 Å². The molecule has 0 atom stereocenters. The van der Waals surface area contributed by atoms with Crippen molar-refractivity contribution in [2.75, 3.05) is 32.6 Å². The summed E-state index contributed by atoms with van der Waals surface area (Å²) in [5, 5.41) is 11.8. The summed E-state index contributed by atoms with van der Waals surface area (Å²) in [4.78, 5) is 25.7. The number of ether oxygens (including phenoxy) is 2. The molecule has 0 fully saturated rings. The fraction of sp³-hybridized carbons (Fsp3) is 0.286. The maximum absolute atomic E-state index is 12.3. The van der Waals surface area contributed by atoms with Crippen molar-refractivity contribution < 1.29 is 19.1 Å². The molecule has 0 unspecified atom stereocenters. The Balaban J connectivity index is 2.01. The molecule has 7 nitrogen and oxygen atoms in total. The zero-order valence-electron chi connectivity index (χ0n) is 16.2. The number of nitrogens with one attached hydrogen (secondary N) is 1. The van der Waals surface area contributed by atoms with Crippen LogP contribution in [0.3, 0.4) is 0 Å². The molecule has 7 heteroatoms. The first kappa shape index (κ1) is 20.8. The first-order valence-electron chi connectivity index (χ1n) is 8.74. The maximum atomic E-state index is 12.3. The monoisotopic (exact) mass is 381 g/mol. The minimum absolute atomic E-state index is 0.0949. The van der Waals surface area contributed by atoms with Gasteiger partial charge in [0.05, 0.1) is 32.0 Å². The van der Waals surface area contributed by atoms with Crippen molar-refractivity contribution in [1.82, 2.24) is 4.90 Å². The molecule has 0 aromatic heterocycles. The quantitative estimate of drug-likeness (QED) is 0.759. The Kier molecular flexibility index (Phi) is 7.40. The van der Waals surface area contributed by atoms with E-state index in [-0.39, 0.29) is 18.4 Å². The molecule has 0 radical (unpaired) electrons. The average molecular weight is 381 g/mol. The van der Waals surface area contributed by atoms with E-state index in [1.165, 1.54) is 11.8 Å². The molecule has 0 heterocycles. The van der Waals surface area contributed by atoms with Crippen molar-refractivity contribution in [1.29, 1.82) is 5.26 Å². The van der Waals surface area contributed by atoms with Crippen LogP contribution >= 0.6 is 0 Å². The molecule has 2 rings (SSSR count). The van der Waals surface area contributed by atoms with Gasteiger partial charge in [0, 0.05) is 13.5 Å². The second kappa shape index (κ2) is 9.97. The highest BCUT2D eigenvalue weighted by Gasteiger charge is 2.15. The van der Waals surface area contributed by atoms with Crippen molar-refractivity contribution >= 4 is 17.5 Å². The zero-order valence-corrected chi connectivity index (χ0v) is 16.2. The minimum Gasteiger partial charge on any atom is -0.493 e. The molecule has 146 valence electrons. The first-order valence-corrected chi connectivity index (χ1v) is 8.74. The van der Waals surface area contributed by atoms with E-state index in [1.54, 1.807) is 44.6 Å². The fourth-order valence-electron chi connectivity index (χ4n) is 2.70. The third-order valence-corrected chi connectivity index (χ3v) is 4.22. The van der Waals surface area contributed by atoms with Crippen molar-refractivity contribution in [3.8, 4) is 17.6 Å². The molecule has 1 N–H and O–H groups in total. The molecule has 28 heavy (non-hydrogen) atoms. The molecule has 0 aliphatic rings. The molecule has 0 saturated heterocycles. The van der Waals surface area contributed by atoms with Gasteiger partial charge in [-0.05, 0) is 36.2 Å². The van der Waals surface area contributed by atoms with E-state index in [4.69, 9.17) is 14.7 Å². The highest BCUT2D eigenvalue weighted by Crippen LogP contribution is 2.27. The summed E-state index contributed by atoms with van der Waals surface area (Å²) >= 11 is 0. The lowest BCUT2D eigenvalue weighted by atomic mass is 10.1. The molecule has 0 aliphatic heterocycles. The molecule has 2 aromatic rings. The van der Waals surface area contributed by atoms with Gasteiger partial charge in [0.15, 0.2) is 11.5 Å². The molecule has 0 aliphatic carbocycles. The third kappa shape index (κ3) is 5.48. The predicted octanol–water partition coefficient (Wildman–Crippen LogP) is 2.61. The van der Waals surface area contributed by atoms with E-state index >= 15 is 0 Å². The summed E-state index contributed by atoms with van der Waals surface area (Å²) in [6, 6.07) is 14.3. The van der Waals surface area contributed by atoms with Crippen LogP contribution in [0, 0.1) is 11.3 Å². The summed E-state index contributed by atoms with van der Waals surface area (Å²) in [6.07, 6.45) is 0.558. The van der Waals surface area contributed by atoms with Crippen LogP contribution in [0.5, 0.6) is 11.5 Å². The van der Waals surface area contributed by atoms with Gasteiger partial charge in [0.1, 0.15) is 6.07 Å². The number of para-hydroxylation sites is 1. The molecular weight excluding hydrogens is 358 g/mol. The smallest absolute Gasteiger partial charge is 0.244 e. The van der Waals surface area contributed by atoms with Gasteiger partial charge in [0.25, 0.3) is 0 Å². The number of carbonyl (C=O) groups is 2. The lowest BCUT2D eigenvalue weighted by Crippen LogP contribution is -2.38. The van der Waals surface area contributed by atoms with E-state index in [2.05, 4.69) is 5.32 Å². The van der Waals surface area contributed by atoms with Gasteiger partial charge in [-0.25, -0.2) is 0 Å². The first-order chi connectivity index (χ1) is 13.5. The Bertz CT molecular complexity index is 889. The number of rotatable bonds is 8. The topological polar surface area (TPSA) is 91.7 Å². The van der Waals surface area contributed by atoms with Crippen LogP contribution in [0.15, 0.2) is 42.5 Å². The fourth-order valence-corrected chi connectivity index (χ4v) is 2.70. The normalized spacial score (nSPS) is 9.93. The van der Waals surface area contributed by atoms with Crippen LogP contribution in [0.1, 0.15) is 18.1 Å². The number of hydrogen-bond donors (Lipinski definition) is 1. The van der Waals surface area contributed by atoms with E-state index in [0.717, 1.165) is 5.56 Å². The SMILES string of the molecule is COc1ccc(CCN(CC(=O)Nc2ccccc2C#N)C(C)=O)cc1OC. The lowest BCUT2D eigenvalue weighted by molar-refractivity contribution is -0.132. The highest BCUT2D eigenvalue weighted by molar-refractivity contribution is 5.95. The number of carbonyl (C=O) groups excluding carboxylic acids is 2. The van der Waals surface area contributed by atoms with Crippen LogP contribution in [0.4, 0.5) is 5.69 Å². The van der Waals surface area contributed by atoms with Crippen LogP contribution in [-0.4, -0.2) is 44.0 Å². The van der Waals surface area contributed by atoms with Crippen LogP contribution in [-0.2, 0) is 16.0 Å². The largest absolute Gasteiger partial charge is 0.493 e. The number of nitriles is 1. The van der Waals surface area contributed by atoms with E-state index in [9.17, 15) is 9.59 Å². The molecule has 2 aromatic carbocycles. The number of nitrogens with zero attached hydrogens (tertiary/aromatic N) is 2. The van der Waals surface area contributed by atoms with Gasteiger partial charge in [-0.3, -0.25) is 9.59 Å². The third-order valence-electron chi connectivity index (χ3n) is 4.22.